The minimum Gasteiger partial charge on any atom is -0.508 e. The number of phenolic OH excluding ortho intramolecular Hbond substituents is 2. The Morgan fingerprint density at radius 3 is 2.31 bits per heavy atom. The highest BCUT2D eigenvalue weighted by Crippen LogP contribution is 2.55. The molecule has 0 spiro atoms. The standard InChI is InChI=1S/C14H20O2/c1-13(2)7-4-8-14(13,3)11-9-10(15)5-6-12(11)16/h5-6,9,15-16H,4,7-8H2,1-3H3/t14-/m1/s1. The summed E-state index contributed by atoms with van der Waals surface area (Å²) in [7, 11) is 0. The Hall–Kier alpha value is -1.18. The number of rotatable bonds is 1. The summed E-state index contributed by atoms with van der Waals surface area (Å²) >= 11 is 0. The molecule has 1 aliphatic rings. The zero-order valence-corrected chi connectivity index (χ0v) is 10.2. The molecule has 1 atom stereocenters. The lowest BCUT2D eigenvalue weighted by atomic mass is 9.65. The van der Waals surface area contributed by atoms with Crippen LogP contribution in [0.1, 0.15) is 45.6 Å². The van der Waals surface area contributed by atoms with E-state index in [-0.39, 0.29) is 16.6 Å². The first-order valence-corrected chi connectivity index (χ1v) is 5.89. The van der Waals surface area contributed by atoms with E-state index in [1.165, 1.54) is 18.9 Å². The third kappa shape index (κ3) is 1.48. The number of hydrogen-bond donors (Lipinski definition) is 2. The van der Waals surface area contributed by atoms with Gasteiger partial charge in [-0.3, -0.25) is 0 Å². The van der Waals surface area contributed by atoms with Crippen molar-refractivity contribution in [2.45, 2.75) is 45.4 Å². The molecule has 88 valence electrons. The minimum atomic E-state index is -0.0458. The van der Waals surface area contributed by atoms with Gasteiger partial charge in [0, 0.05) is 11.0 Å². The molecule has 1 aromatic rings. The second-order valence-electron chi connectivity index (χ2n) is 5.77. The molecule has 1 aliphatic carbocycles. The van der Waals surface area contributed by atoms with Crippen LogP contribution >= 0.6 is 0 Å². The normalized spacial score (nSPS) is 28.2. The van der Waals surface area contributed by atoms with Gasteiger partial charge in [0.15, 0.2) is 0 Å². The van der Waals surface area contributed by atoms with Crippen LogP contribution in [0, 0.1) is 5.41 Å². The van der Waals surface area contributed by atoms with Crippen molar-refractivity contribution in [1.82, 2.24) is 0 Å². The lowest BCUT2D eigenvalue weighted by Gasteiger charge is -2.39. The average Bonchev–Trinajstić information content (AvgIpc) is 2.46. The maximum absolute atomic E-state index is 9.98. The third-order valence-corrected chi connectivity index (χ3v) is 4.55. The molecule has 0 saturated heterocycles. The third-order valence-electron chi connectivity index (χ3n) is 4.55. The summed E-state index contributed by atoms with van der Waals surface area (Å²) in [5.74, 6) is 0.534. The largest absolute Gasteiger partial charge is 0.508 e. The van der Waals surface area contributed by atoms with Crippen LogP contribution in [0.4, 0.5) is 0 Å². The van der Waals surface area contributed by atoms with Crippen LogP contribution in [0.5, 0.6) is 11.5 Å². The van der Waals surface area contributed by atoms with Crippen LogP contribution in [-0.2, 0) is 5.41 Å². The summed E-state index contributed by atoms with van der Waals surface area (Å²) in [5, 5.41) is 19.6. The van der Waals surface area contributed by atoms with E-state index in [0.29, 0.717) is 5.75 Å². The van der Waals surface area contributed by atoms with Crippen LogP contribution < -0.4 is 0 Å². The maximum Gasteiger partial charge on any atom is 0.119 e. The first kappa shape index (κ1) is 11.3. The molecule has 2 rings (SSSR count). The zero-order valence-electron chi connectivity index (χ0n) is 10.2. The molecule has 0 bridgehead atoms. The molecule has 1 saturated carbocycles. The molecule has 0 heterocycles. The predicted molar refractivity (Wildman–Crippen MR) is 64.8 cm³/mol. The molecular formula is C14H20O2. The fourth-order valence-electron chi connectivity index (χ4n) is 2.96. The summed E-state index contributed by atoms with van der Waals surface area (Å²) in [4.78, 5) is 0. The number of aromatic hydroxyl groups is 2. The van der Waals surface area contributed by atoms with E-state index in [1.807, 2.05) is 0 Å². The van der Waals surface area contributed by atoms with E-state index < -0.39 is 0 Å². The Kier molecular flexibility index (Phi) is 2.41. The van der Waals surface area contributed by atoms with E-state index in [0.717, 1.165) is 12.0 Å². The van der Waals surface area contributed by atoms with Gasteiger partial charge in [-0.05, 0) is 36.5 Å². The fraction of sp³-hybridized carbons (Fsp3) is 0.571. The van der Waals surface area contributed by atoms with Crippen molar-refractivity contribution < 1.29 is 10.2 Å². The van der Waals surface area contributed by atoms with Crippen LogP contribution in [-0.4, -0.2) is 10.2 Å². The van der Waals surface area contributed by atoms with Gasteiger partial charge in [-0.1, -0.05) is 27.2 Å². The second-order valence-corrected chi connectivity index (χ2v) is 5.77. The molecule has 2 N–H and O–H groups in total. The molecule has 0 amide bonds. The van der Waals surface area contributed by atoms with Crippen LogP contribution in [0.2, 0.25) is 0 Å². The Balaban J connectivity index is 2.55. The van der Waals surface area contributed by atoms with Crippen molar-refractivity contribution in [3.8, 4) is 11.5 Å². The van der Waals surface area contributed by atoms with Crippen molar-refractivity contribution in [3.05, 3.63) is 23.8 Å². The smallest absolute Gasteiger partial charge is 0.119 e. The van der Waals surface area contributed by atoms with Crippen molar-refractivity contribution in [2.24, 2.45) is 5.41 Å². The minimum absolute atomic E-state index is 0.0458. The first-order valence-electron chi connectivity index (χ1n) is 5.89. The van der Waals surface area contributed by atoms with Gasteiger partial charge in [0.2, 0.25) is 0 Å². The number of benzene rings is 1. The molecular weight excluding hydrogens is 200 g/mol. The van der Waals surface area contributed by atoms with E-state index in [2.05, 4.69) is 20.8 Å². The Labute approximate surface area is 96.9 Å². The van der Waals surface area contributed by atoms with Gasteiger partial charge in [-0.25, -0.2) is 0 Å². The van der Waals surface area contributed by atoms with Gasteiger partial charge < -0.3 is 10.2 Å². The van der Waals surface area contributed by atoms with Crippen LogP contribution in [0.25, 0.3) is 0 Å². The lowest BCUT2D eigenvalue weighted by Crippen LogP contribution is -2.34. The number of hydrogen-bond acceptors (Lipinski definition) is 2. The molecule has 0 aromatic heterocycles. The lowest BCUT2D eigenvalue weighted by molar-refractivity contribution is 0.218. The van der Waals surface area contributed by atoms with E-state index >= 15 is 0 Å². The number of phenols is 2. The zero-order chi connectivity index (χ0) is 12.0. The summed E-state index contributed by atoms with van der Waals surface area (Å²) in [6.07, 6.45) is 3.41. The average molecular weight is 220 g/mol. The highest BCUT2D eigenvalue weighted by atomic mass is 16.3. The molecule has 16 heavy (non-hydrogen) atoms. The van der Waals surface area contributed by atoms with Crippen LogP contribution in [0.15, 0.2) is 18.2 Å². The van der Waals surface area contributed by atoms with Gasteiger partial charge in [-0.15, -0.1) is 0 Å². The topological polar surface area (TPSA) is 40.5 Å². The fourth-order valence-corrected chi connectivity index (χ4v) is 2.96. The van der Waals surface area contributed by atoms with Crippen LogP contribution in [0.3, 0.4) is 0 Å². The van der Waals surface area contributed by atoms with E-state index in [9.17, 15) is 10.2 Å². The highest BCUT2D eigenvalue weighted by molar-refractivity contribution is 5.45. The molecule has 0 unspecified atom stereocenters. The Morgan fingerprint density at radius 1 is 1.06 bits per heavy atom. The first-order chi connectivity index (χ1) is 7.37. The Bertz CT molecular complexity index is 409. The quantitative estimate of drug-likeness (QED) is 0.710. The van der Waals surface area contributed by atoms with Crippen molar-refractivity contribution in [1.29, 1.82) is 0 Å². The summed E-state index contributed by atoms with van der Waals surface area (Å²) in [5.41, 5.74) is 1.00. The molecule has 0 aliphatic heterocycles. The molecule has 2 nitrogen and oxygen atoms in total. The van der Waals surface area contributed by atoms with Gasteiger partial charge in [0.05, 0.1) is 0 Å². The SMILES string of the molecule is CC1(C)CCC[C@]1(C)c1cc(O)ccc1O. The van der Waals surface area contributed by atoms with Gasteiger partial charge in [0.25, 0.3) is 0 Å². The monoisotopic (exact) mass is 220 g/mol. The predicted octanol–water partition coefficient (Wildman–Crippen LogP) is 3.57. The van der Waals surface area contributed by atoms with Gasteiger partial charge >= 0.3 is 0 Å². The van der Waals surface area contributed by atoms with Crippen molar-refractivity contribution in [2.75, 3.05) is 0 Å². The summed E-state index contributed by atoms with van der Waals surface area (Å²) in [6.45, 7) is 6.67. The molecule has 1 aromatic carbocycles. The van der Waals surface area contributed by atoms with Crippen molar-refractivity contribution in [3.63, 3.8) is 0 Å². The van der Waals surface area contributed by atoms with E-state index in [1.54, 1.807) is 12.1 Å². The highest BCUT2D eigenvalue weighted by Gasteiger charge is 2.47. The van der Waals surface area contributed by atoms with E-state index in [4.69, 9.17) is 0 Å². The molecule has 2 heteroatoms. The summed E-state index contributed by atoms with van der Waals surface area (Å²) in [6, 6.07) is 4.83. The summed E-state index contributed by atoms with van der Waals surface area (Å²) < 4.78 is 0. The van der Waals surface area contributed by atoms with Gasteiger partial charge in [-0.2, -0.15) is 0 Å². The van der Waals surface area contributed by atoms with Crippen molar-refractivity contribution >= 4 is 0 Å². The Morgan fingerprint density at radius 2 is 1.75 bits per heavy atom. The molecule has 0 radical (unpaired) electrons. The maximum atomic E-state index is 9.98. The molecule has 1 fully saturated rings. The van der Waals surface area contributed by atoms with Gasteiger partial charge in [0.1, 0.15) is 11.5 Å². The second kappa shape index (κ2) is 3.41.